The summed E-state index contributed by atoms with van der Waals surface area (Å²) in [6, 6.07) is 17.0. The minimum Gasteiger partial charge on any atom is -0.493 e. The van der Waals surface area contributed by atoms with Crippen LogP contribution in [0, 0.1) is 0 Å². The molecule has 1 N–H and O–H groups in total. The highest BCUT2D eigenvalue weighted by Gasteiger charge is 2.21. The van der Waals surface area contributed by atoms with Gasteiger partial charge in [0.2, 0.25) is 5.75 Å². The molecule has 0 heterocycles. The van der Waals surface area contributed by atoms with Crippen molar-refractivity contribution < 1.29 is 32.5 Å². The summed E-state index contributed by atoms with van der Waals surface area (Å²) in [4.78, 5) is 13.0. The molecule has 0 aliphatic rings. The molecule has 0 spiro atoms. The molecule has 0 radical (unpaired) electrons. The van der Waals surface area contributed by atoms with Crippen molar-refractivity contribution in [3.05, 3.63) is 77.4 Å². The summed E-state index contributed by atoms with van der Waals surface area (Å²) in [5.74, 6) is 0.501. The molecule has 168 valence electrons. The Morgan fingerprint density at radius 3 is 2.19 bits per heavy atom. The smallest absolute Gasteiger partial charge is 0.387 e. The van der Waals surface area contributed by atoms with Crippen molar-refractivity contribution in [3.8, 4) is 23.0 Å². The fraction of sp³-hybridized carbons (Fsp3) is 0.208. The molecule has 0 aliphatic heterocycles. The zero-order valence-corrected chi connectivity index (χ0v) is 17.9. The molecule has 0 atom stereocenters. The van der Waals surface area contributed by atoms with E-state index in [4.69, 9.17) is 14.2 Å². The van der Waals surface area contributed by atoms with Crippen LogP contribution in [-0.2, 0) is 6.42 Å². The van der Waals surface area contributed by atoms with Gasteiger partial charge in [-0.05, 0) is 35.9 Å². The Balaban J connectivity index is 1.92. The molecule has 6 nitrogen and oxygen atoms in total. The number of rotatable bonds is 9. The number of anilines is 1. The Kier molecular flexibility index (Phi) is 7.49. The van der Waals surface area contributed by atoms with Gasteiger partial charge in [-0.15, -0.1) is 0 Å². The third-order valence-electron chi connectivity index (χ3n) is 4.72. The molecule has 3 aromatic rings. The van der Waals surface area contributed by atoms with Crippen molar-refractivity contribution in [2.45, 2.75) is 13.0 Å². The maximum atomic E-state index is 13.0. The van der Waals surface area contributed by atoms with Crippen LogP contribution in [0.1, 0.15) is 21.5 Å². The lowest BCUT2D eigenvalue weighted by Crippen LogP contribution is -2.14. The standard InChI is InChI=1S/C24H23F2NO5/c1-29-20-12-10-18(21(30-2)22(20)31-3)23(28)27-17-9-11-19(32-24(25)26)16(14-17)13-15-7-5-4-6-8-15/h4-12,14,24H,13H2,1-3H3,(H,27,28). The number of hydrogen-bond donors (Lipinski definition) is 1. The number of amides is 1. The first-order valence-corrected chi connectivity index (χ1v) is 9.68. The molecule has 0 saturated carbocycles. The van der Waals surface area contributed by atoms with Gasteiger partial charge in [-0.2, -0.15) is 8.78 Å². The van der Waals surface area contributed by atoms with Gasteiger partial charge in [-0.25, -0.2) is 0 Å². The second-order valence-electron chi connectivity index (χ2n) is 6.70. The van der Waals surface area contributed by atoms with E-state index >= 15 is 0 Å². The molecule has 0 bridgehead atoms. The molecule has 3 aromatic carbocycles. The largest absolute Gasteiger partial charge is 0.493 e. The highest BCUT2D eigenvalue weighted by atomic mass is 19.3. The van der Waals surface area contributed by atoms with Crippen LogP contribution in [0.15, 0.2) is 60.7 Å². The number of carbonyl (C=O) groups is 1. The van der Waals surface area contributed by atoms with Crippen molar-refractivity contribution in [1.29, 1.82) is 0 Å². The van der Waals surface area contributed by atoms with E-state index in [2.05, 4.69) is 10.1 Å². The van der Waals surface area contributed by atoms with Crippen molar-refractivity contribution in [2.75, 3.05) is 26.6 Å². The highest BCUT2D eigenvalue weighted by Crippen LogP contribution is 2.40. The fourth-order valence-corrected chi connectivity index (χ4v) is 3.30. The molecule has 8 heteroatoms. The molecule has 0 unspecified atom stereocenters. The minimum atomic E-state index is -2.96. The quantitative estimate of drug-likeness (QED) is 0.495. The van der Waals surface area contributed by atoms with E-state index in [1.165, 1.54) is 33.5 Å². The number of alkyl halides is 2. The summed E-state index contributed by atoms with van der Waals surface area (Å²) in [5, 5.41) is 2.77. The van der Waals surface area contributed by atoms with Crippen LogP contribution in [0.5, 0.6) is 23.0 Å². The predicted octanol–water partition coefficient (Wildman–Crippen LogP) is 5.16. The van der Waals surface area contributed by atoms with E-state index in [1.807, 2.05) is 30.3 Å². The maximum Gasteiger partial charge on any atom is 0.387 e. The maximum absolute atomic E-state index is 13.0. The summed E-state index contributed by atoms with van der Waals surface area (Å²) < 4.78 is 46.3. The van der Waals surface area contributed by atoms with Gasteiger partial charge in [0.05, 0.1) is 26.9 Å². The van der Waals surface area contributed by atoms with E-state index in [0.29, 0.717) is 23.4 Å². The van der Waals surface area contributed by atoms with Crippen LogP contribution in [0.2, 0.25) is 0 Å². The molecule has 0 saturated heterocycles. The fourth-order valence-electron chi connectivity index (χ4n) is 3.30. The number of methoxy groups -OCH3 is 3. The van der Waals surface area contributed by atoms with E-state index in [1.54, 1.807) is 18.2 Å². The van der Waals surface area contributed by atoms with E-state index in [9.17, 15) is 13.6 Å². The van der Waals surface area contributed by atoms with Crippen molar-refractivity contribution in [3.63, 3.8) is 0 Å². The van der Waals surface area contributed by atoms with Crippen LogP contribution >= 0.6 is 0 Å². The topological polar surface area (TPSA) is 66.0 Å². The Hall–Kier alpha value is -3.81. The SMILES string of the molecule is COc1ccc(C(=O)Nc2ccc(OC(F)F)c(Cc3ccccc3)c2)c(OC)c1OC. The summed E-state index contributed by atoms with van der Waals surface area (Å²) in [6.07, 6.45) is 0.353. The summed E-state index contributed by atoms with van der Waals surface area (Å²) in [5.41, 5.74) is 2.06. The Bertz CT molecular complexity index is 1070. The van der Waals surface area contributed by atoms with Gasteiger partial charge in [0.15, 0.2) is 11.5 Å². The van der Waals surface area contributed by atoms with Gasteiger partial charge in [0.25, 0.3) is 5.91 Å². The number of nitrogens with one attached hydrogen (secondary N) is 1. The monoisotopic (exact) mass is 443 g/mol. The lowest BCUT2D eigenvalue weighted by molar-refractivity contribution is -0.0503. The molecule has 0 aliphatic carbocycles. The molecular weight excluding hydrogens is 420 g/mol. The Labute approximate surface area is 184 Å². The average molecular weight is 443 g/mol. The first kappa shape index (κ1) is 22.9. The molecule has 32 heavy (non-hydrogen) atoms. The van der Waals surface area contributed by atoms with Gasteiger partial charge >= 0.3 is 6.61 Å². The predicted molar refractivity (Wildman–Crippen MR) is 116 cm³/mol. The molecular formula is C24H23F2NO5. The molecule has 0 fully saturated rings. The first-order chi connectivity index (χ1) is 15.5. The van der Waals surface area contributed by atoms with Crippen LogP contribution in [-0.4, -0.2) is 33.8 Å². The van der Waals surface area contributed by atoms with Gasteiger partial charge in [0.1, 0.15) is 5.75 Å². The highest BCUT2D eigenvalue weighted by molar-refractivity contribution is 6.07. The number of halogens is 2. The summed E-state index contributed by atoms with van der Waals surface area (Å²) in [7, 11) is 4.34. The zero-order chi connectivity index (χ0) is 23.1. The Morgan fingerprint density at radius 1 is 0.875 bits per heavy atom. The number of hydrogen-bond acceptors (Lipinski definition) is 5. The number of ether oxygens (including phenoxy) is 4. The summed E-state index contributed by atoms with van der Waals surface area (Å²) in [6.45, 7) is -2.96. The van der Waals surface area contributed by atoms with Crippen LogP contribution in [0.25, 0.3) is 0 Å². The zero-order valence-electron chi connectivity index (χ0n) is 17.9. The number of benzene rings is 3. The van der Waals surface area contributed by atoms with Crippen LogP contribution in [0.3, 0.4) is 0 Å². The van der Waals surface area contributed by atoms with Gasteiger partial charge in [-0.3, -0.25) is 4.79 Å². The Morgan fingerprint density at radius 2 is 1.56 bits per heavy atom. The normalized spacial score (nSPS) is 10.6. The lowest BCUT2D eigenvalue weighted by Gasteiger charge is -2.16. The van der Waals surface area contributed by atoms with Crippen molar-refractivity contribution in [2.24, 2.45) is 0 Å². The van der Waals surface area contributed by atoms with Gasteiger partial charge in [-0.1, -0.05) is 30.3 Å². The second-order valence-corrected chi connectivity index (χ2v) is 6.70. The van der Waals surface area contributed by atoms with Gasteiger partial charge < -0.3 is 24.3 Å². The van der Waals surface area contributed by atoms with E-state index < -0.39 is 12.5 Å². The molecule has 3 rings (SSSR count). The second kappa shape index (κ2) is 10.5. The van der Waals surface area contributed by atoms with E-state index in [0.717, 1.165) is 5.56 Å². The third-order valence-corrected chi connectivity index (χ3v) is 4.72. The van der Waals surface area contributed by atoms with Crippen LogP contribution in [0.4, 0.5) is 14.5 Å². The minimum absolute atomic E-state index is 0.0468. The van der Waals surface area contributed by atoms with Crippen molar-refractivity contribution in [1.82, 2.24) is 0 Å². The summed E-state index contributed by atoms with van der Waals surface area (Å²) >= 11 is 0. The first-order valence-electron chi connectivity index (χ1n) is 9.68. The van der Waals surface area contributed by atoms with E-state index in [-0.39, 0.29) is 22.8 Å². The third kappa shape index (κ3) is 5.26. The average Bonchev–Trinajstić information content (AvgIpc) is 2.79. The van der Waals surface area contributed by atoms with Gasteiger partial charge in [0, 0.05) is 17.7 Å². The van der Waals surface area contributed by atoms with Crippen LogP contribution < -0.4 is 24.3 Å². The lowest BCUT2D eigenvalue weighted by atomic mass is 10.0. The molecule has 0 aromatic heterocycles. The molecule has 1 amide bonds. The number of carbonyl (C=O) groups excluding carboxylic acids is 1. The van der Waals surface area contributed by atoms with Crippen molar-refractivity contribution >= 4 is 11.6 Å².